The number of hydrogen-bond donors (Lipinski definition) is 0. The average molecular weight is 365 g/mol. The summed E-state index contributed by atoms with van der Waals surface area (Å²) < 4.78 is 6.20. The highest BCUT2D eigenvalue weighted by atomic mass is 28.4. The summed E-state index contributed by atoms with van der Waals surface area (Å²) in [4.78, 5) is 0. The Morgan fingerprint density at radius 3 is 2.17 bits per heavy atom. The van der Waals surface area contributed by atoms with Gasteiger partial charge in [-0.2, -0.15) is 0 Å². The first-order valence-corrected chi connectivity index (χ1v) is 15.7. The van der Waals surface area contributed by atoms with Crippen molar-refractivity contribution in [2.45, 2.75) is 85.2 Å². The molecule has 0 saturated heterocycles. The van der Waals surface area contributed by atoms with Gasteiger partial charge < -0.3 is 4.43 Å². The van der Waals surface area contributed by atoms with E-state index in [9.17, 15) is 0 Å². The van der Waals surface area contributed by atoms with Crippen molar-refractivity contribution in [1.82, 2.24) is 0 Å². The summed E-state index contributed by atoms with van der Waals surface area (Å²) in [6.45, 7) is 23.5. The zero-order chi connectivity index (χ0) is 19.0. The first kappa shape index (κ1) is 23.4. The Bertz CT molecular complexity index is 491. The third-order valence-electron chi connectivity index (χ3n) is 4.47. The summed E-state index contributed by atoms with van der Waals surface area (Å²) in [5, 5.41) is 0.272. The second kappa shape index (κ2) is 9.80. The molecule has 0 fully saturated rings. The van der Waals surface area contributed by atoms with Crippen molar-refractivity contribution >= 4 is 16.4 Å². The fraction of sp³-hybridized carbons (Fsp3) is 0.714. The Morgan fingerprint density at radius 1 is 1.12 bits per heavy atom. The van der Waals surface area contributed by atoms with Gasteiger partial charge in [0.1, 0.15) is 8.07 Å². The van der Waals surface area contributed by atoms with Gasteiger partial charge in [0.2, 0.25) is 0 Å². The third-order valence-corrected chi connectivity index (χ3v) is 9.90. The van der Waals surface area contributed by atoms with Crippen molar-refractivity contribution in [2.75, 3.05) is 6.61 Å². The average Bonchev–Trinajstić information content (AvgIpc) is 2.39. The molecule has 1 nitrogen and oxygen atoms in total. The molecule has 0 aromatic heterocycles. The number of rotatable bonds is 7. The molecule has 0 spiro atoms. The standard InChI is InChI=1S/C21H40OSi2/c1-11-20(18-19(2)14-13-17-23(6,7)8)15-12-16-22-24(9,10)21(3,4)5/h12,15,18-19H,11,14,16H2,1-10H3/b15-12+,20-18-/t19-/m1/s1. The van der Waals surface area contributed by atoms with E-state index >= 15 is 0 Å². The SMILES string of the molecule is CCC(=C/[C@H](C)CC#C[Si](C)(C)C)/C=C/CO[Si](C)(C)C(C)(C)C. The van der Waals surface area contributed by atoms with E-state index in [1.165, 1.54) is 5.57 Å². The van der Waals surface area contributed by atoms with Crippen LogP contribution in [0.1, 0.15) is 47.5 Å². The minimum atomic E-state index is -1.64. The topological polar surface area (TPSA) is 9.23 Å². The summed E-state index contributed by atoms with van der Waals surface area (Å²) in [5.41, 5.74) is 4.84. The van der Waals surface area contributed by atoms with E-state index in [1.54, 1.807) is 0 Å². The van der Waals surface area contributed by atoms with E-state index in [-0.39, 0.29) is 5.04 Å². The van der Waals surface area contributed by atoms with E-state index in [0.717, 1.165) is 19.4 Å². The fourth-order valence-electron chi connectivity index (χ4n) is 1.87. The molecule has 0 aliphatic heterocycles. The van der Waals surface area contributed by atoms with Crippen LogP contribution in [0, 0.1) is 17.4 Å². The van der Waals surface area contributed by atoms with Crippen LogP contribution in [0.15, 0.2) is 23.8 Å². The minimum Gasteiger partial charge on any atom is -0.413 e. The second-order valence-corrected chi connectivity index (χ2v) is 18.9. The molecule has 0 heterocycles. The van der Waals surface area contributed by atoms with Gasteiger partial charge in [-0.25, -0.2) is 0 Å². The van der Waals surface area contributed by atoms with E-state index in [4.69, 9.17) is 4.43 Å². The van der Waals surface area contributed by atoms with Crippen molar-refractivity contribution in [3.8, 4) is 11.5 Å². The van der Waals surface area contributed by atoms with Crippen molar-refractivity contribution < 1.29 is 4.43 Å². The molecular weight excluding hydrogens is 324 g/mol. The van der Waals surface area contributed by atoms with Gasteiger partial charge in [0.15, 0.2) is 8.32 Å². The molecule has 138 valence electrons. The molecule has 0 radical (unpaired) electrons. The maximum absolute atomic E-state index is 6.20. The van der Waals surface area contributed by atoms with Crippen LogP contribution in [-0.2, 0) is 4.43 Å². The van der Waals surface area contributed by atoms with E-state index in [2.05, 4.69) is 97.0 Å². The van der Waals surface area contributed by atoms with Crippen molar-refractivity contribution in [3.63, 3.8) is 0 Å². The van der Waals surface area contributed by atoms with Gasteiger partial charge in [0.05, 0.1) is 6.61 Å². The van der Waals surface area contributed by atoms with Gasteiger partial charge in [-0.1, -0.05) is 78.1 Å². The lowest BCUT2D eigenvalue weighted by Gasteiger charge is -2.35. The maximum atomic E-state index is 6.20. The maximum Gasteiger partial charge on any atom is 0.192 e. The molecule has 0 aromatic rings. The molecule has 3 heteroatoms. The van der Waals surface area contributed by atoms with Crippen LogP contribution >= 0.6 is 0 Å². The second-order valence-electron chi connectivity index (χ2n) is 9.30. The van der Waals surface area contributed by atoms with Crippen molar-refractivity contribution in [2.24, 2.45) is 5.92 Å². The molecular formula is C21H40OSi2. The predicted octanol–water partition coefficient (Wildman–Crippen LogP) is 6.81. The smallest absolute Gasteiger partial charge is 0.192 e. The quantitative estimate of drug-likeness (QED) is 0.274. The molecule has 0 rings (SSSR count). The molecule has 0 bridgehead atoms. The first-order chi connectivity index (χ1) is 10.8. The monoisotopic (exact) mass is 364 g/mol. The van der Waals surface area contributed by atoms with Crippen molar-refractivity contribution in [3.05, 3.63) is 23.8 Å². The molecule has 0 aliphatic carbocycles. The van der Waals surface area contributed by atoms with Gasteiger partial charge >= 0.3 is 0 Å². The summed E-state index contributed by atoms with van der Waals surface area (Å²) in [6.07, 6.45) is 8.79. The summed E-state index contributed by atoms with van der Waals surface area (Å²) in [6, 6.07) is 0. The molecule has 1 atom stereocenters. The zero-order valence-electron chi connectivity index (χ0n) is 17.8. The Morgan fingerprint density at radius 2 is 1.71 bits per heavy atom. The van der Waals surface area contributed by atoms with Crippen molar-refractivity contribution in [1.29, 1.82) is 0 Å². The number of hydrogen-bond acceptors (Lipinski definition) is 1. The molecule has 0 aromatic carbocycles. The van der Waals surface area contributed by atoms with E-state index in [1.807, 2.05) is 0 Å². The Labute approximate surface area is 154 Å². The molecule has 0 amide bonds. The lowest BCUT2D eigenvalue weighted by atomic mass is 10.0. The van der Waals surface area contributed by atoms with Gasteiger partial charge in [-0.3, -0.25) is 0 Å². The largest absolute Gasteiger partial charge is 0.413 e. The molecule has 0 unspecified atom stereocenters. The van der Waals surface area contributed by atoms with Crippen LogP contribution in [-0.4, -0.2) is 23.0 Å². The van der Waals surface area contributed by atoms with E-state index in [0.29, 0.717) is 5.92 Å². The van der Waals surface area contributed by atoms with Crippen LogP contribution in [0.25, 0.3) is 0 Å². The number of allylic oxidation sites excluding steroid dienone is 3. The highest BCUT2D eigenvalue weighted by molar-refractivity contribution is 6.83. The van der Waals surface area contributed by atoms with Crippen LogP contribution in [0.2, 0.25) is 37.8 Å². The molecule has 0 aliphatic rings. The van der Waals surface area contributed by atoms with E-state index < -0.39 is 16.4 Å². The third kappa shape index (κ3) is 10.3. The zero-order valence-corrected chi connectivity index (χ0v) is 19.8. The summed E-state index contributed by atoms with van der Waals surface area (Å²) >= 11 is 0. The Hall–Kier alpha value is -0.566. The molecule has 24 heavy (non-hydrogen) atoms. The first-order valence-electron chi connectivity index (χ1n) is 9.29. The van der Waals surface area contributed by atoms with Gasteiger partial charge in [0.25, 0.3) is 0 Å². The lowest BCUT2D eigenvalue weighted by Crippen LogP contribution is -2.40. The molecule has 0 N–H and O–H groups in total. The lowest BCUT2D eigenvalue weighted by molar-refractivity contribution is 0.328. The minimum absolute atomic E-state index is 0.272. The Kier molecular flexibility index (Phi) is 9.57. The fourth-order valence-corrected chi connectivity index (χ4v) is 3.44. The van der Waals surface area contributed by atoms with Crippen LogP contribution in [0.4, 0.5) is 0 Å². The van der Waals surface area contributed by atoms with Gasteiger partial charge in [0, 0.05) is 6.42 Å². The van der Waals surface area contributed by atoms with Crippen LogP contribution in [0.5, 0.6) is 0 Å². The molecule has 0 saturated carbocycles. The van der Waals surface area contributed by atoms with Crippen LogP contribution in [0.3, 0.4) is 0 Å². The highest BCUT2D eigenvalue weighted by Gasteiger charge is 2.36. The summed E-state index contributed by atoms with van der Waals surface area (Å²) in [5.74, 6) is 3.89. The van der Waals surface area contributed by atoms with Gasteiger partial charge in [-0.05, 0) is 30.5 Å². The normalized spacial score (nSPS) is 15.3. The predicted molar refractivity (Wildman–Crippen MR) is 116 cm³/mol. The highest BCUT2D eigenvalue weighted by Crippen LogP contribution is 2.36. The van der Waals surface area contributed by atoms with Crippen LogP contribution < -0.4 is 0 Å². The summed E-state index contributed by atoms with van der Waals surface area (Å²) in [7, 11) is -2.88. The van der Waals surface area contributed by atoms with Gasteiger partial charge in [-0.15, -0.1) is 11.5 Å². The Balaban J connectivity index is 4.61.